The first-order chi connectivity index (χ1) is 5.67. The van der Waals surface area contributed by atoms with E-state index in [0.29, 0.717) is 0 Å². The first-order valence-electron chi connectivity index (χ1n) is 5.67. The summed E-state index contributed by atoms with van der Waals surface area (Å²) >= 11 is 0. The summed E-state index contributed by atoms with van der Waals surface area (Å²) in [4.78, 5) is 0. The monoisotopic (exact) mass is 166 g/mol. The number of hydrogen-bond acceptors (Lipinski definition) is 0. The van der Waals surface area contributed by atoms with Crippen LogP contribution in [0.15, 0.2) is 0 Å². The van der Waals surface area contributed by atoms with Crippen molar-refractivity contribution in [2.45, 2.75) is 52.9 Å². The van der Waals surface area contributed by atoms with E-state index in [1.165, 1.54) is 32.1 Å². The molecule has 0 aromatic heterocycles. The van der Waals surface area contributed by atoms with Crippen molar-refractivity contribution in [3.8, 4) is 0 Å². The average Bonchev–Trinajstić information content (AvgIpc) is 2.02. The molecule has 2 rings (SSSR count). The van der Waals surface area contributed by atoms with Crippen molar-refractivity contribution in [3.63, 3.8) is 0 Å². The molecule has 12 heavy (non-hydrogen) atoms. The zero-order valence-electron chi connectivity index (χ0n) is 8.77. The van der Waals surface area contributed by atoms with Crippen LogP contribution in [0.2, 0.25) is 0 Å². The summed E-state index contributed by atoms with van der Waals surface area (Å²) in [7, 11) is 0. The first-order valence-corrected chi connectivity index (χ1v) is 5.67. The van der Waals surface area contributed by atoms with Crippen LogP contribution in [0.5, 0.6) is 0 Å². The molecule has 2 saturated carbocycles. The summed E-state index contributed by atoms with van der Waals surface area (Å²) in [5.41, 5.74) is 0.789. The summed E-state index contributed by atoms with van der Waals surface area (Å²) in [6.07, 6.45) is 7.58. The number of rotatable bonds is 1. The Morgan fingerprint density at radius 1 is 1.25 bits per heavy atom. The molecule has 0 aromatic rings. The highest BCUT2D eigenvalue weighted by molar-refractivity contribution is 5.02. The van der Waals surface area contributed by atoms with Gasteiger partial charge in [0.15, 0.2) is 0 Å². The molecule has 0 spiro atoms. The molecule has 0 heteroatoms. The van der Waals surface area contributed by atoms with Crippen molar-refractivity contribution in [2.24, 2.45) is 23.2 Å². The molecule has 2 fully saturated rings. The van der Waals surface area contributed by atoms with E-state index >= 15 is 0 Å². The number of fused-ring (bicyclic) bond motifs is 1. The Morgan fingerprint density at radius 2 is 2.00 bits per heavy atom. The molecule has 0 radical (unpaired) electrons. The minimum atomic E-state index is 0.789. The van der Waals surface area contributed by atoms with Gasteiger partial charge >= 0.3 is 0 Å². The lowest BCUT2D eigenvalue weighted by atomic mass is 9.45. The normalized spacial score (nSPS) is 47.0. The Labute approximate surface area is 76.7 Å². The Hall–Kier alpha value is 0. The van der Waals surface area contributed by atoms with Gasteiger partial charge in [0.05, 0.1) is 0 Å². The van der Waals surface area contributed by atoms with Gasteiger partial charge in [-0.25, -0.2) is 0 Å². The molecular formula is C12H22. The van der Waals surface area contributed by atoms with E-state index < -0.39 is 0 Å². The summed E-state index contributed by atoms with van der Waals surface area (Å²) < 4.78 is 0. The lowest BCUT2D eigenvalue weighted by Crippen LogP contribution is -2.51. The molecule has 0 amide bonds. The topological polar surface area (TPSA) is 0 Å². The van der Waals surface area contributed by atoms with Crippen LogP contribution in [0.3, 0.4) is 0 Å². The molecule has 2 aliphatic carbocycles. The second-order valence-corrected chi connectivity index (χ2v) is 5.42. The average molecular weight is 166 g/mol. The maximum Gasteiger partial charge on any atom is -0.0241 e. The Morgan fingerprint density at radius 3 is 2.50 bits per heavy atom. The maximum absolute atomic E-state index is 2.45. The molecular weight excluding hydrogens is 144 g/mol. The fourth-order valence-electron chi connectivity index (χ4n) is 3.93. The minimum absolute atomic E-state index is 0.789. The van der Waals surface area contributed by atoms with Crippen LogP contribution in [-0.4, -0.2) is 0 Å². The molecule has 2 aliphatic rings. The van der Waals surface area contributed by atoms with E-state index in [9.17, 15) is 0 Å². The van der Waals surface area contributed by atoms with Crippen LogP contribution in [-0.2, 0) is 0 Å². The van der Waals surface area contributed by atoms with Gasteiger partial charge in [0, 0.05) is 0 Å². The summed E-state index contributed by atoms with van der Waals surface area (Å²) in [5, 5.41) is 0. The van der Waals surface area contributed by atoms with Crippen LogP contribution < -0.4 is 0 Å². The van der Waals surface area contributed by atoms with Crippen molar-refractivity contribution < 1.29 is 0 Å². The second-order valence-electron chi connectivity index (χ2n) is 5.42. The van der Waals surface area contributed by atoms with Crippen LogP contribution in [0.25, 0.3) is 0 Å². The van der Waals surface area contributed by atoms with Crippen molar-refractivity contribution in [2.75, 3.05) is 0 Å². The van der Waals surface area contributed by atoms with Crippen LogP contribution >= 0.6 is 0 Å². The highest BCUT2D eigenvalue weighted by Crippen LogP contribution is 2.62. The number of hydrogen-bond donors (Lipinski definition) is 0. The fraction of sp³-hybridized carbons (Fsp3) is 1.00. The lowest BCUT2D eigenvalue weighted by Gasteiger charge is -2.60. The van der Waals surface area contributed by atoms with Gasteiger partial charge in [-0.2, -0.15) is 0 Å². The largest absolute Gasteiger partial charge is 0.0622 e. The van der Waals surface area contributed by atoms with Gasteiger partial charge in [-0.05, 0) is 42.4 Å². The van der Waals surface area contributed by atoms with E-state index in [1.54, 1.807) is 0 Å². The third-order valence-corrected chi connectivity index (χ3v) is 4.68. The summed E-state index contributed by atoms with van der Waals surface area (Å²) in [6, 6.07) is 0. The predicted molar refractivity (Wildman–Crippen MR) is 53.0 cm³/mol. The SMILES string of the molecule is CC1CC2(C(C)C)CCCCC12. The quantitative estimate of drug-likeness (QED) is 0.555. The molecule has 0 aliphatic heterocycles. The molecule has 0 nitrogen and oxygen atoms in total. The summed E-state index contributed by atoms with van der Waals surface area (Å²) in [5.74, 6) is 3.05. The van der Waals surface area contributed by atoms with E-state index in [2.05, 4.69) is 20.8 Å². The summed E-state index contributed by atoms with van der Waals surface area (Å²) in [6.45, 7) is 7.32. The van der Waals surface area contributed by atoms with E-state index in [4.69, 9.17) is 0 Å². The zero-order chi connectivity index (χ0) is 8.77. The highest BCUT2D eigenvalue weighted by Gasteiger charge is 2.53. The fourth-order valence-corrected chi connectivity index (χ4v) is 3.93. The van der Waals surface area contributed by atoms with Crippen molar-refractivity contribution in [3.05, 3.63) is 0 Å². The van der Waals surface area contributed by atoms with Crippen molar-refractivity contribution >= 4 is 0 Å². The Bertz CT molecular complexity index is 167. The molecule has 3 atom stereocenters. The lowest BCUT2D eigenvalue weighted by molar-refractivity contribution is -0.104. The van der Waals surface area contributed by atoms with Crippen LogP contribution in [0.4, 0.5) is 0 Å². The highest BCUT2D eigenvalue weighted by atomic mass is 14.6. The molecule has 0 aromatic carbocycles. The Balaban J connectivity index is 2.12. The van der Waals surface area contributed by atoms with Gasteiger partial charge in [-0.3, -0.25) is 0 Å². The van der Waals surface area contributed by atoms with Crippen molar-refractivity contribution in [1.82, 2.24) is 0 Å². The molecule has 0 bridgehead atoms. The predicted octanol–water partition coefficient (Wildman–Crippen LogP) is 3.86. The van der Waals surface area contributed by atoms with Gasteiger partial charge in [0.25, 0.3) is 0 Å². The standard InChI is InChI=1S/C12H22/c1-9(2)12-7-5-4-6-11(12)10(3)8-12/h9-11H,4-8H2,1-3H3. The van der Waals surface area contributed by atoms with Crippen molar-refractivity contribution in [1.29, 1.82) is 0 Å². The van der Waals surface area contributed by atoms with Gasteiger partial charge in [0.1, 0.15) is 0 Å². The molecule has 0 N–H and O–H groups in total. The molecule has 0 saturated heterocycles. The smallest absolute Gasteiger partial charge is 0.0241 e. The van der Waals surface area contributed by atoms with Crippen LogP contribution in [0.1, 0.15) is 52.9 Å². The third kappa shape index (κ3) is 0.963. The van der Waals surface area contributed by atoms with E-state index in [0.717, 1.165) is 23.2 Å². The molecule has 0 heterocycles. The third-order valence-electron chi connectivity index (χ3n) is 4.68. The zero-order valence-corrected chi connectivity index (χ0v) is 8.77. The second kappa shape index (κ2) is 2.75. The van der Waals surface area contributed by atoms with Gasteiger partial charge in [0.2, 0.25) is 0 Å². The van der Waals surface area contributed by atoms with E-state index in [-0.39, 0.29) is 0 Å². The Kier molecular flexibility index (Phi) is 1.97. The minimum Gasteiger partial charge on any atom is -0.0622 e. The van der Waals surface area contributed by atoms with Gasteiger partial charge in [-0.15, -0.1) is 0 Å². The molecule has 70 valence electrons. The first kappa shape index (κ1) is 8.59. The molecule has 3 unspecified atom stereocenters. The van der Waals surface area contributed by atoms with E-state index in [1.807, 2.05) is 0 Å². The van der Waals surface area contributed by atoms with Crippen LogP contribution in [0, 0.1) is 23.2 Å². The maximum atomic E-state index is 2.45. The van der Waals surface area contributed by atoms with Gasteiger partial charge in [-0.1, -0.05) is 33.6 Å². The van der Waals surface area contributed by atoms with Gasteiger partial charge < -0.3 is 0 Å².